The molecule has 8 heteroatoms. The number of hydrogen-bond donors (Lipinski definition) is 1. The third-order valence-corrected chi connectivity index (χ3v) is 2.59. The molecular formula is C9H9F3N3O2-. The van der Waals surface area contributed by atoms with Gasteiger partial charge in [0.15, 0.2) is 6.04 Å². The van der Waals surface area contributed by atoms with E-state index >= 15 is 0 Å². The highest BCUT2D eigenvalue weighted by atomic mass is 19.4. The highest BCUT2D eigenvalue weighted by Gasteiger charge is 2.45. The number of aromatic nitrogens is 2. The van der Waals surface area contributed by atoms with E-state index in [1.165, 1.54) is 0 Å². The van der Waals surface area contributed by atoms with Gasteiger partial charge >= 0.3 is 6.18 Å². The second kappa shape index (κ2) is 3.64. The van der Waals surface area contributed by atoms with E-state index in [4.69, 9.17) is 0 Å². The highest BCUT2D eigenvalue weighted by molar-refractivity contribution is 5.84. The molecule has 0 saturated heterocycles. The molecule has 0 spiro atoms. The van der Waals surface area contributed by atoms with Crippen LogP contribution >= 0.6 is 0 Å². The summed E-state index contributed by atoms with van der Waals surface area (Å²) in [5.41, 5.74) is -0.504. The van der Waals surface area contributed by atoms with E-state index in [-0.39, 0.29) is 12.2 Å². The van der Waals surface area contributed by atoms with Crippen molar-refractivity contribution in [2.24, 2.45) is 0 Å². The molecule has 0 saturated carbocycles. The molecule has 0 aliphatic carbocycles. The van der Waals surface area contributed by atoms with Gasteiger partial charge in [-0.25, -0.2) is 4.68 Å². The van der Waals surface area contributed by atoms with Gasteiger partial charge in [-0.3, -0.25) is 0 Å². The summed E-state index contributed by atoms with van der Waals surface area (Å²) in [6.45, 7) is 1.59. The van der Waals surface area contributed by atoms with Gasteiger partial charge in [0.25, 0.3) is 0 Å². The monoisotopic (exact) mass is 248 g/mol. The van der Waals surface area contributed by atoms with Gasteiger partial charge in [-0.15, -0.1) is 0 Å². The summed E-state index contributed by atoms with van der Waals surface area (Å²) in [4.78, 5) is 10.6. The highest BCUT2D eigenvalue weighted by Crippen LogP contribution is 2.39. The fraction of sp³-hybridized carbons (Fsp3) is 0.556. The number of alkyl halides is 3. The van der Waals surface area contributed by atoms with Crippen molar-refractivity contribution in [3.8, 4) is 0 Å². The molecule has 1 aromatic rings. The van der Waals surface area contributed by atoms with Crippen LogP contribution in [0.3, 0.4) is 0 Å². The predicted octanol–water partition coefficient (Wildman–Crippen LogP) is 0.554. The maximum atomic E-state index is 12.8. The number of aromatic carboxylic acids is 1. The first-order valence-electron chi connectivity index (χ1n) is 4.93. The van der Waals surface area contributed by atoms with Gasteiger partial charge in [-0.2, -0.15) is 18.3 Å². The number of fused-ring (bicyclic) bond motifs is 1. The van der Waals surface area contributed by atoms with Crippen molar-refractivity contribution in [2.75, 3.05) is 5.32 Å². The van der Waals surface area contributed by atoms with Crippen molar-refractivity contribution >= 4 is 11.8 Å². The first-order valence-corrected chi connectivity index (χ1v) is 4.93. The first-order chi connectivity index (χ1) is 7.79. The Balaban J connectivity index is 2.45. The number of halogens is 3. The zero-order valence-electron chi connectivity index (χ0n) is 8.78. The lowest BCUT2D eigenvalue weighted by Crippen LogP contribution is -2.38. The van der Waals surface area contributed by atoms with Crippen LogP contribution in [0.25, 0.3) is 0 Å². The second-order valence-electron chi connectivity index (χ2n) is 3.99. The molecule has 1 aliphatic rings. The van der Waals surface area contributed by atoms with E-state index < -0.39 is 29.9 Å². The molecule has 17 heavy (non-hydrogen) atoms. The van der Waals surface area contributed by atoms with Crippen LogP contribution < -0.4 is 10.4 Å². The van der Waals surface area contributed by atoms with Crippen molar-refractivity contribution in [3.05, 3.63) is 11.8 Å². The van der Waals surface area contributed by atoms with Gasteiger partial charge in [0.1, 0.15) is 11.5 Å². The number of carboxylic acids is 1. The van der Waals surface area contributed by atoms with Gasteiger partial charge in [0, 0.05) is 12.1 Å². The number of carbonyl (C=O) groups is 1. The Hall–Kier alpha value is -1.73. The smallest absolute Gasteiger partial charge is 0.410 e. The van der Waals surface area contributed by atoms with Gasteiger partial charge < -0.3 is 15.2 Å². The van der Waals surface area contributed by atoms with Crippen LogP contribution in [0, 0.1) is 0 Å². The molecule has 5 nitrogen and oxygen atoms in total. The van der Waals surface area contributed by atoms with Crippen LogP contribution in [0.15, 0.2) is 6.07 Å². The van der Waals surface area contributed by atoms with Crippen molar-refractivity contribution in [3.63, 3.8) is 0 Å². The number of rotatable bonds is 1. The molecule has 0 bridgehead atoms. The Morgan fingerprint density at radius 1 is 1.65 bits per heavy atom. The van der Waals surface area contributed by atoms with Crippen molar-refractivity contribution in [2.45, 2.75) is 31.6 Å². The third-order valence-electron chi connectivity index (χ3n) is 2.59. The van der Waals surface area contributed by atoms with Crippen LogP contribution in [0.1, 0.15) is 29.9 Å². The quantitative estimate of drug-likeness (QED) is 0.788. The van der Waals surface area contributed by atoms with Crippen molar-refractivity contribution in [1.29, 1.82) is 0 Å². The minimum absolute atomic E-state index is 0.0466. The van der Waals surface area contributed by atoms with Crippen molar-refractivity contribution < 1.29 is 23.1 Å². The molecule has 1 aliphatic heterocycles. The minimum Gasteiger partial charge on any atom is -0.543 e. The zero-order chi connectivity index (χ0) is 12.8. The van der Waals surface area contributed by atoms with E-state index in [1.807, 2.05) is 0 Å². The molecule has 1 aromatic heterocycles. The number of carbonyl (C=O) groups excluding carboxylic acids is 1. The Bertz CT molecular complexity index is 455. The summed E-state index contributed by atoms with van der Waals surface area (Å²) in [5.74, 6) is -1.55. The Kier molecular flexibility index (Phi) is 2.52. The van der Waals surface area contributed by atoms with Crippen molar-refractivity contribution in [1.82, 2.24) is 9.78 Å². The molecule has 94 valence electrons. The van der Waals surface area contributed by atoms with Gasteiger partial charge in [0.05, 0.1) is 5.97 Å². The van der Waals surface area contributed by atoms with Gasteiger partial charge in [-0.1, -0.05) is 0 Å². The maximum Gasteiger partial charge on any atom is 0.410 e. The molecule has 1 N–H and O–H groups in total. The predicted molar refractivity (Wildman–Crippen MR) is 49.4 cm³/mol. The molecule has 2 atom stereocenters. The number of carboxylic acid groups (broad SMARTS) is 1. The number of hydrogen-bond acceptors (Lipinski definition) is 4. The van der Waals surface area contributed by atoms with Gasteiger partial charge in [-0.05, 0) is 13.3 Å². The summed E-state index contributed by atoms with van der Waals surface area (Å²) < 4.78 is 38.9. The normalized spacial score (nSPS) is 24.0. The SMILES string of the molecule is C[C@@H]1C[C@@H](C(F)(F)F)n2nc(C(=O)[O-])cc2N1. The molecule has 0 aromatic carbocycles. The molecule has 0 amide bonds. The lowest BCUT2D eigenvalue weighted by Gasteiger charge is -2.31. The van der Waals surface area contributed by atoms with E-state index in [0.29, 0.717) is 4.68 Å². The molecule has 2 heterocycles. The Morgan fingerprint density at radius 2 is 2.29 bits per heavy atom. The number of nitrogens with one attached hydrogen (secondary N) is 1. The summed E-state index contributed by atoms with van der Waals surface area (Å²) in [5, 5.41) is 16.7. The topological polar surface area (TPSA) is 70.0 Å². The van der Waals surface area contributed by atoms with E-state index in [2.05, 4.69) is 10.4 Å². The Morgan fingerprint density at radius 3 is 2.82 bits per heavy atom. The van der Waals surface area contributed by atoms with Crippen LogP contribution in [0.2, 0.25) is 0 Å². The number of anilines is 1. The molecule has 2 rings (SSSR count). The minimum atomic E-state index is -4.46. The first kappa shape index (κ1) is 11.7. The van der Waals surface area contributed by atoms with E-state index in [1.54, 1.807) is 6.92 Å². The fourth-order valence-electron chi connectivity index (χ4n) is 1.86. The second-order valence-corrected chi connectivity index (χ2v) is 3.99. The fourth-order valence-corrected chi connectivity index (χ4v) is 1.86. The average molecular weight is 248 g/mol. The van der Waals surface area contributed by atoms with Crippen LogP contribution in [0.5, 0.6) is 0 Å². The molecule has 0 fully saturated rings. The maximum absolute atomic E-state index is 12.8. The molecule has 0 unspecified atom stereocenters. The lowest BCUT2D eigenvalue weighted by molar-refractivity contribution is -0.255. The molecular weight excluding hydrogens is 239 g/mol. The standard InChI is InChI=1S/C9H10F3N3O2/c1-4-2-6(9(10,11)12)15-7(13-4)3-5(14-15)8(16)17/h3-4,6,13H,2H2,1H3,(H,16,17)/p-1/t4-,6+/m1/s1. The summed E-state index contributed by atoms with van der Waals surface area (Å²) in [6, 6.07) is -1.16. The zero-order valence-corrected chi connectivity index (χ0v) is 8.78. The summed E-state index contributed by atoms with van der Waals surface area (Å²) in [6.07, 6.45) is -4.65. The third kappa shape index (κ3) is 2.06. The molecule has 0 radical (unpaired) electrons. The lowest BCUT2D eigenvalue weighted by atomic mass is 10.1. The summed E-state index contributed by atoms with van der Waals surface area (Å²) in [7, 11) is 0. The average Bonchev–Trinajstić information content (AvgIpc) is 2.58. The number of nitrogens with zero attached hydrogens (tertiary/aromatic N) is 2. The van der Waals surface area contributed by atoms with Gasteiger partial charge in [0.2, 0.25) is 0 Å². The van der Waals surface area contributed by atoms with E-state index in [9.17, 15) is 23.1 Å². The van der Waals surface area contributed by atoms with Crippen LogP contribution in [-0.2, 0) is 0 Å². The van der Waals surface area contributed by atoms with Crippen LogP contribution in [-0.4, -0.2) is 28.0 Å². The Labute approximate surface area is 94.2 Å². The van der Waals surface area contributed by atoms with Crippen LogP contribution in [0.4, 0.5) is 19.0 Å². The van der Waals surface area contributed by atoms with E-state index in [0.717, 1.165) is 6.07 Å². The largest absolute Gasteiger partial charge is 0.543 e. The summed E-state index contributed by atoms with van der Waals surface area (Å²) >= 11 is 0.